The highest BCUT2D eigenvalue weighted by molar-refractivity contribution is 7.80. The lowest BCUT2D eigenvalue weighted by molar-refractivity contribution is 0.414. The molecule has 0 amide bonds. The van der Waals surface area contributed by atoms with E-state index in [1.54, 1.807) is 0 Å². The number of anilines is 1. The lowest BCUT2D eigenvalue weighted by Crippen LogP contribution is -2.38. The maximum Gasteiger partial charge on any atom is 0.183 e. The van der Waals surface area contributed by atoms with Gasteiger partial charge in [0, 0.05) is 6.04 Å². The molecule has 0 bridgehead atoms. The predicted octanol–water partition coefficient (Wildman–Crippen LogP) is 3.45. The van der Waals surface area contributed by atoms with E-state index in [0.29, 0.717) is 17.0 Å². The molecule has 2 N–H and O–H groups in total. The summed E-state index contributed by atoms with van der Waals surface area (Å²) >= 11 is 5.34. The molecule has 1 fully saturated rings. The molecule has 1 aliphatic carbocycles. The summed E-state index contributed by atoms with van der Waals surface area (Å²) in [7, 11) is 0. The van der Waals surface area contributed by atoms with Gasteiger partial charge in [-0.2, -0.15) is 0 Å². The van der Waals surface area contributed by atoms with Crippen molar-refractivity contribution in [2.45, 2.75) is 38.1 Å². The summed E-state index contributed by atoms with van der Waals surface area (Å²) < 4.78 is 5.24. The minimum Gasteiger partial charge on any atom is -0.360 e. The molecule has 1 heterocycles. The summed E-state index contributed by atoms with van der Waals surface area (Å²) in [6.45, 7) is 0. The molecule has 3 rings (SSSR count). The summed E-state index contributed by atoms with van der Waals surface area (Å²) in [6, 6.07) is 8.24. The number of hydrogen-bond acceptors (Lipinski definition) is 3. The van der Waals surface area contributed by atoms with Gasteiger partial charge in [-0.1, -0.05) is 36.6 Å². The Kier molecular flexibility index (Phi) is 3.64. The van der Waals surface area contributed by atoms with E-state index in [4.69, 9.17) is 16.7 Å². The van der Waals surface area contributed by atoms with Crippen LogP contribution in [-0.2, 0) is 0 Å². The Bertz CT molecular complexity index is 575. The molecule has 0 radical (unpaired) electrons. The number of aromatic nitrogens is 1. The fourth-order valence-corrected chi connectivity index (χ4v) is 2.82. The van der Waals surface area contributed by atoms with Crippen molar-refractivity contribution in [1.82, 2.24) is 10.5 Å². The molecular weight excluding hydrogens is 258 g/mol. The zero-order valence-electron chi connectivity index (χ0n) is 10.7. The molecule has 5 heteroatoms. The summed E-state index contributed by atoms with van der Waals surface area (Å²) in [5.41, 5.74) is 0.769. The third-order valence-corrected chi connectivity index (χ3v) is 3.77. The number of nitrogens with zero attached hydrogens (tertiary/aromatic N) is 1. The normalized spacial score (nSPS) is 16.4. The molecule has 0 saturated heterocycles. The molecule has 0 unspecified atom stereocenters. The third-order valence-electron chi connectivity index (χ3n) is 3.55. The minimum atomic E-state index is 0.493. The van der Waals surface area contributed by atoms with Crippen molar-refractivity contribution >= 4 is 34.1 Å². The second-order valence-electron chi connectivity index (χ2n) is 4.96. The Morgan fingerprint density at radius 1 is 1.21 bits per heavy atom. The van der Waals surface area contributed by atoms with Gasteiger partial charge in [-0.3, -0.25) is 0 Å². The topological polar surface area (TPSA) is 50.1 Å². The van der Waals surface area contributed by atoms with E-state index in [1.807, 2.05) is 24.3 Å². The number of fused-ring (bicyclic) bond motifs is 1. The van der Waals surface area contributed by atoms with Gasteiger partial charge in [0.25, 0.3) is 0 Å². The molecule has 1 saturated carbocycles. The molecule has 2 aromatic rings. The molecule has 4 nitrogen and oxygen atoms in total. The highest BCUT2D eigenvalue weighted by atomic mass is 32.1. The zero-order valence-corrected chi connectivity index (χ0v) is 11.5. The number of rotatable bonds is 2. The van der Waals surface area contributed by atoms with Crippen molar-refractivity contribution in [3.05, 3.63) is 24.3 Å². The number of benzene rings is 1. The molecular formula is C14H17N3OS. The second kappa shape index (κ2) is 5.57. The summed E-state index contributed by atoms with van der Waals surface area (Å²) in [5, 5.41) is 12.1. The van der Waals surface area contributed by atoms with Crippen LogP contribution in [0.5, 0.6) is 0 Å². The number of nitrogens with one attached hydrogen (secondary N) is 2. The maximum absolute atomic E-state index is 5.34. The van der Waals surface area contributed by atoms with Gasteiger partial charge >= 0.3 is 0 Å². The van der Waals surface area contributed by atoms with E-state index >= 15 is 0 Å². The Morgan fingerprint density at radius 3 is 2.84 bits per heavy atom. The van der Waals surface area contributed by atoms with Gasteiger partial charge in [0.1, 0.15) is 0 Å². The second-order valence-corrected chi connectivity index (χ2v) is 5.37. The largest absolute Gasteiger partial charge is 0.360 e. The number of hydrogen-bond donors (Lipinski definition) is 2. The van der Waals surface area contributed by atoms with Gasteiger partial charge in [-0.05, 0) is 37.2 Å². The van der Waals surface area contributed by atoms with Gasteiger partial charge < -0.3 is 15.2 Å². The molecule has 100 valence electrons. The van der Waals surface area contributed by atoms with E-state index in [1.165, 1.54) is 32.1 Å². The van der Waals surface area contributed by atoms with E-state index in [2.05, 4.69) is 15.8 Å². The van der Waals surface area contributed by atoms with Crippen LogP contribution in [-0.4, -0.2) is 16.3 Å². The Balaban J connectivity index is 1.65. The van der Waals surface area contributed by atoms with Crippen LogP contribution in [0.2, 0.25) is 0 Å². The van der Waals surface area contributed by atoms with Crippen LogP contribution in [0.15, 0.2) is 28.8 Å². The van der Waals surface area contributed by atoms with Crippen LogP contribution in [0.4, 0.5) is 5.82 Å². The number of thiocarbonyl (C=S) groups is 1. The van der Waals surface area contributed by atoms with Gasteiger partial charge in [0.15, 0.2) is 16.5 Å². The monoisotopic (exact) mass is 275 g/mol. The zero-order chi connectivity index (χ0) is 13.1. The van der Waals surface area contributed by atoms with Crippen LogP contribution in [0.1, 0.15) is 32.1 Å². The quantitative estimate of drug-likeness (QED) is 0.822. The highest BCUT2D eigenvalue weighted by Crippen LogP contribution is 2.22. The van der Waals surface area contributed by atoms with Gasteiger partial charge in [-0.25, -0.2) is 0 Å². The summed E-state index contributed by atoms with van der Waals surface area (Å²) in [6.07, 6.45) is 6.30. The molecule has 1 aromatic carbocycles. The van der Waals surface area contributed by atoms with Crippen LogP contribution in [0.3, 0.4) is 0 Å². The number of para-hydroxylation sites is 1. The Morgan fingerprint density at radius 2 is 2.00 bits per heavy atom. The van der Waals surface area contributed by atoms with Crippen molar-refractivity contribution in [3.8, 4) is 0 Å². The van der Waals surface area contributed by atoms with Gasteiger partial charge in [-0.15, -0.1) is 0 Å². The van der Waals surface area contributed by atoms with Crippen LogP contribution < -0.4 is 10.6 Å². The highest BCUT2D eigenvalue weighted by Gasteiger charge is 2.15. The first-order valence-electron chi connectivity index (χ1n) is 6.75. The first-order chi connectivity index (χ1) is 9.33. The fourth-order valence-electron chi connectivity index (χ4n) is 2.55. The summed E-state index contributed by atoms with van der Waals surface area (Å²) in [4.78, 5) is 0. The van der Waals surface area contributed by atoms with Crippen molar-refractivity contribution < 1.29 is 4.52 Å². The van der Waals surface area contributed by atoms with Crippen molar-refractivity contribution in [2.24, 2.45) is 0 Å². The first kappa shape index (κ1) is 12.4. The maximum atomic E-state index is 5.34. The van der Waals surface area contributed by atoms with Crippen molar-refractivity contribution in [3.63, 3.8) is 0 Å². The molecule has 1 aliphatic rings. The lowest BCUT2D eigenvalue weighted by Gasteiger charge is -2.23. The molecule has 1 aromatic heterocycles. The lowest BCUT2D eigenvalue weighted by atomic mass is 9.96. The Labute approximate surface area is 117 Å². The van der Waals surface area contributed by atoms with Crippen LogP contribution in [0, 0.1) is 0 Å². The minimum absolute atomic E-state index is 0.493. The smallest absolute Gasteiger partial charge is 0.183 e. The standard InChI is InChI=1S/C14H17N3OS/c19-14(15-10-6-2-1-3-7-10)16-13-11-8-4-5-9-12(11)18-17-13/h4-5,8-10H,1-3,6-7H2,(H2,15,16,17,19). The molecule has 0 spiro atoms. The van der Waals surface area contributed by atoms with Gasteiger partial charge in [0.05, 0.1) is 5.39 Å². The third kappa shape index (κ3) is 2.87. The molecule has 0 aliphatic heterocycles. The van der Waals surface area contributed by atoms with Crippen molar-refractivity contribution in [1.29, 1.82) is 0 Å². The van der Waals surface area contributed by atoms with Crippen LogP contribution >= 0.6 is 12.2 Å². The van der Waals surface area contributed by atoms with E-state index in [-0.39, 0.29) is 0 Å². The molecule has 19 heavy (non-hydrogen) atoms. The van der Waals surface area contributed by atoms with Crippen molar-refractivity contribution in [2.75, 3.05) is 5.32 Å². The average Bonchev–Trinajstić information content (AvgIpc) is 2.83. The van der Waals surface area contributed by atoms with Crippen LogP contribution in [0.25, 0.3) is 11.0 Å². The van der Waals surface area contributed by atoms with Gasteiger partial charge in [0.2, 0.25) is 0 Å². The Hall–Kier alpha value is -1.62. The first-order valence-corrected chi connectivity index (χ1v) is 7.16. The fraction of sp³-hybridized carbons (Fsp3) is 0.429. The summed E-state index contributed by atoms with van der Waals surface area (Å²) in [5.74, 6) is 0.684. The SMILES string of the molecule is S=C(Nc1noc2ccccc12)NC1CCCCC1. The molecule has 0 atom stereocenters. The van der Waals surface area contributed by atoms with E-state index in [0.717, 1.165) is 11.0 Å². The predicted molar refractivity (Wildman–Crippen MR) is 80.2 cm³/mol. The van der Waals surface area contributed by atoms with E-state index < -0.39 is 0 Å². The van der Waals surface area contributed by atoms with E-state index in [9.17, 15) is 0 Å². The average molecular weight is 275 g/mol.